The first-order valence-electron chi connectivity index (χ1n) is 6.10. The van der Waals surface area contributed by atoms with Crippen molar-refractivity contribution in [3.05, 3.63) is 28.6 Å². The Labute approximate surface area is 105 Å². The van der Waals surface area contributed by atoms with Gasteiger partial charge in [0, 0.05) is 18.2 Å². The SMILES string of the molecule is O=[N+]([O-])c1cnccc1NCC1(CO)CCCC1. The summed E-state index contributed by atoms with van der Waals surface area (Å²) >= 11 is 0. The van der Waals surface area contributed by atoms with Crippen LogP contribution in [0.1, 0.15) is 25.7 Å². The third-order valence-electron chi connectivity index (χ3n) is 3.65. The zero-order valence-corrected chi connectivity index (χ0v) is 10.1. The van der Waals surface area contributed by atoms with Gasteiger partial charge in [-0.05, 0) is 18.9 Å². The fourth-order valence-corrected chi connectivity index (χ4v) is 2.48. The number of nitro groups is 1. The van der Waals surface area contributed by atoms with Gasteiger partial charge in [0.1, 0.15) is 11.9 Å². The van der Waals surface area contributed by atoms with Crippen LogP contribution in [-0.4, -0.2) is 28.2 Å². The molecule has 1 fully saturated rings. The van der Waals surface area contributed by atoms with Crippen molar-refractivity contribution in [3.63, 3.8) is 0 Å². The highest BCUT2D eigenvalue weighted by atomic mass is 16.6. The van der Waals surface area contributed by atoms with Crippen LogP contribution in [0.5, 0.6) is 0 Å². The average Bonchev–Trinajstić information content (AvgIpc) is 2.86. The molecule has 98 valence electrons. The lowest BCUT2D eigenvalue weighted by Crippen LogP contribution is -2.30. The minimum atomic E-state index is -0.449. The molecule has 0 radical (unpaired) electrons. The Balaban J connectivity index is 2.08. The zero-order valence-electron chi connectivity index (χ0n) is 10.1. The minimum absolute atomic E-state index is 0.0245. The van der Waals surface area contributed by atoms with E-state index in [1.54, 1.807) is 6.07 Å². The second-order valence-corrected chi connectivity index (χ2v) is 4.87. The van der Waals surface area contributed by atoms with E-state index in [1.807, 2.05) is 0 Å². The van der Waals surface area contributed by atoms with Crippen molar-refractivity contribution in [2.75, 3.05) is 18.5 Å². The summed E-state index contributed by atoms with van der Waals surface area (Å²) in [6, 6.07) is 1.60. The Morgan fingerprint density at radius 1 is 1.50 bits per heavy atom. The summed E-state index contributed by atoms with van der Waals surface area (Å²) in [6.07, 6.45) is 6.92. The van der Waals surface area contributed by atoms with Gasteiger partial charge in [0.2, 0.25) is 0 Å². The van der Waals surface area contributed by atoms with Gasteiger partial charge in [0.25, 0.3) is 0 Å². The zero-order chi connectivity index (χ0) is 13.0. The standard InChI is InChI=1S/C12H17N3O3/c16-9-12(4-1-2-5-12)8-14-10-3-6-13-7-11(10)15(17)18/h3,6-7,16H,1-2,4-5,8-9H2,(H,13,14). The number of hydrogen-bond donors (Lipinski definition) is 2. The van der Waals surface area contributed by atoms with Crippen LogP contribution >= 0.6 is 0 Å². The number of hydrogen-bond acceptors (Lipinski definition) is 5. The molecule has 1 aliphatic carbocycles. The summed E-state index contributed by atoms with van der Waals surface area (Å²) in [4.78, 5) is 14.1. The summed E-state index contributed by atoms with van der Waals surface area (Å²) in [5.74, 6) is 0. The quantitative estimate of drug-likeness (QED) is 0.616. The number of nitrogens with one attached hydrogen (secondary N) is 1. The molecule has 1 aromatic rings. The van der Waals surface area contributed by atoms with E-state index >= 15 is 0 Å². The van der Waals surface area contributed by atoms with Gasteiger partial charge in [0.05, 0.1) is 11.5 Å². The second-order valence-electron chi connectivity index (χ2n) is 4.87. The number of aromatic nitrogens is 1. The Kier molecular flexibility index (Phi) is 3.76. The van der Waals surface area contributed by atoms with Gasteiger partial charge >= 0.3 is 5.69 Å². The third-order valence-corrected chi connectivity index (χ3v) is 3.65. The predicted octanol–water partition coefficient (Wildman–Crippen LogP) is 1.95. The molecule has 18 heavy (non-hydrogen) atoms. The molecule has 6 heteroatoms. The molecular weight excluding hydrogens is 234 g/mol. The number of pyridine rings is 1. The van der Waals surface area contributed by atoms with E-state index < -0.39 is 4.92 Å². The largest absolute Gasteiger partial charge is 0.396 e. The molecule has 1 heterocycles. The Bertz CT molecular complexity index is 430. The van der Waals surface area contributed by atoms with E-state index in [1.165, 1.54) is 12.4 Å². The minimum Gasteiger partial charge on any atom is -0.396 e. The normalized spacial score (nSPS) is 17.6. The highest BCUT2D eigenvalue weighted by molar-refractivity contribution is 5.59. The first kappa shape index (κ1) is 12.8. The van der Waals surface area contributed by atoms with Gasteiger partial charge in [-0.15, -0.1) is 0 Å². The van der Waals surface area contributed by atoms with Crippen molar-refractivity contribution in [2.24, 2.45) is 5.41 Å². The molecule has 6 nitrogen and oxygen atoms in total. The molecule has 0 aromatic carbocycles. The van der Waals surface area contributed by atoms with Crippen molar-refractivity contribution in [1.29, 1.82) is 0 Å². The first-order valence-corrected chi connectivity index (χ1v) is 6.10. The maximum atomic E-state index is 10.8. The maximum absolute atomic E-state index is 10.8. The van der Waals surface area contributed by atoms with Crippen LogP contribution in [0, 0.1) is 15.5 Å². The Morgan fingerprint density at radius 3 is 2.83 bits per heavy atom. The smallest absolute Gasteiger partial charge is 0.310 e. The number of aliphatic hydroxyl groups excluding tert-OH is 1. The fourth-order valence-electron chi connectivity index (χ4n) is 2.48. The topological polar surface area (TPSA) is 88.3 Å². The summed E-state index contributed by atoms with van der Waals surface area (Å²) in [5.41, 5.74) is 0.315. The van der Waals surface area contributed by atoms with E-state index in [9.17, 15) is 15.2 Å². The molecule has 1 aromatic heterocycles. The molecule has 1 saturated carbocycles. The van der Waals surface area contributed by atoms with Crippen LogP contribution in [0.3, 0.4) is 0 Å². The van der Waals surface area contributed by atoms with Crippen LogP contribution < -0.4 is 5.32 Å². The molecule has 0 atom stereocenters. The van der Waals surface area contributed by atoms with Gasteiger partial charge < -0.3 is 10.4 Å². The lowest BCUT2D eigenvalue weighted by Gasteiger charge is -2.26. The highest BCUT2D eigenvalue weighted by Crippen LogP contribution is 2.38. The third kappa shape index (κ3) is 2.59. The molecule has 0 saturated heterocycles. The summed E-state index contributed by atoms with van der Waals surface area (Å²) < 4.78 is 0. The van der Waals surface area contributed by atoms with Crippen LogP contribution in [0.15, 0.2) is 18.5 Å². The molecule has 0 bridgehead atoms. The van der Waals surface area contributed by atoms with Crippen molar-refractivity contribution in [1.82, 2.24) is 4.98 Å². The van der Waals surface area contributed by atoms with E-state index in [4.69, 9.17) is 0 Å². The van der Waals surface area contributed by atoms with E-state index in [2.05, 4.69) is 10.3 Å². The average molecular weight is 251 g/mol. The summed E-state index contributed by atoms with van der Waals surface area (Å²) in [7, 11) is 0. The Morgan fingerprint density at radius 2 is 2.22 bits per heavy atom. The molecule has 0 unspecified atom stereocenters. The van der Waals surface area contributed by atoms with Crippen molar-refractivity contribution in [2.45, 2.75) is 25.7 Å². The van der Waals surface area contributed by atoms with Crippen molar-refractivity contribution in [3.8, 4) is 0 Å². The lowest BCUT2D eigenvalue weighted by molar-refractivity contribution is -0.384. The number of aliphatic hydroxyl groups is 1. The van der Waals surface area contributed by atoms with Crippen molar-refractivity contribution < 1.29 is 10.0 Å². The van der Waals surface area contributed by atoms with Gasteiger partial charge in [-0.1, -0.05) is 12.8 Å². The first-order chi connectivity index (χ1) is 8.67. The van der Waals surface area contributed by atoms with Crippen LogP contribution in [0.4, 0.5) is 11.4 Å². The summed E-state index contributed by atoms with van der Waals surface area (Å²) in [5, 5.41) is 23.4. The predicted molar refractivity (Wildman–Crippen MR) is 67.4 cm³/mol. The molecule has 2 N–H and O–H groups in total. The second kappa shape index (κ2) is 5.30. The van der Waals surface area contributed by atoms with Gasteiger partial charge in [-0.3, -0.25) is 15.1 Å². The van der Waals surface area contributed by atoms with E-state index in [0.29, 0.717) is 12.2 Å². The van der Waals surface area contributed by atoms with E-state index in [0.717, 1.165) is 25.7 Å². The molecule has 0 spiro atoms. The number of nitrogens with zero attached hydrogens (tertiary/aromatic N) is 2. The van der Waals surface area contributed by atoms with Crippen molar-refractivity contribution >= 4 is 11.4 Å². The molecule has 0 aliphatic heterocycles. The molecular formula is C12H17N3O3. The van der Waals surface area contributed by atoms with Gasteiger partial charge in [0.15, 0.2) is 0 Å². The molecule has 0 amide bonds. The fraction of sp³-hybridized carbons (Fsp3) is 0.583. The molecule has 1 aliphatic rings. The van der Waals surface area contributed by atoms with E-state index in [-0.39, 0.29) is 17.7 Å². The lowest BCUT2D eigenvalue weighted by atomic mass is 9.87. The number of anilines is 1. The monoisotopic (exact) mass is 251 g/mol. The van der Waals surface area contributed by atoms with Crippen LogP contribution in [0.2, 0.25) is 0 Å². The highest BCUT2D eigenvalue weighted by Gasteiger charge is 2.33. The maximum Gasteiger partial charge on any atom is 0.310 e. The Hall–Kier alpha value is -1.69. The van der Waals surface area contributed by atoms with Gasteiger partial charge in [-0.25, -0.2) is 0 Å². The summed E-state index contributed by atoms with van der Waals surface area (Å²) in [6.45, 7) is 0.688. The van der Waals surface area contributed by atoms with Crippen LogP contribution in [0.25, 0.3) is 0 Å². The van der Waals surface area contributed by atoms with Crippen LogP contribution in [-0.2, 0) is 0 Å². The number of rotatable bonds is 5. The molecule has 2 rings (SSSR count). The van der Waals surface area contributed by atoms with Gasteiger partial charge in [-0.2, -0.15) is 0 Å².